The Morgan fingerprint density at radius 2 is 2.00 bits per heavy atom. The normalized spacial score (nSPS) is 16.2. The Labute approximate surface area is 150 Å². The van der Waals surface area contributed by atoms with Crippen molar-refractivity contribution < 1.29 is 4.79 Å². The van der Waals surface area contributed by atoms with Gasteiger partial charge in [-0.05, 0) is 36.5 Å². The molecule has 3 aromatic rings. The molecular formula is C19H19ClN4O. The van der Waals surface area contributed by atoms with Crippen LogP contribution in [-0.2, 0) is 6.42 Å². The molecule has 0 bridgehead atoms. The summed E-state index contributed by atoms with van der Waals surface area (Å²) >= 11 is 6.66. The zero-order valence-corrected chi connectivity index (χ0v) is 15.2. The van der Waals surface area contributed by atoms with E-state index in [1.54, 1.807) is 0 Å². The van der Waals surface area contributed by atoms with E-state index in [2.05, 4.69) is 23.8 Å². The van der Waals surface area contributed by atoms with Gasteiger partial charge in [-0.1, -0.05) is 25.4 Å². The second-order valence-corrected chi connectivity index (χ2v) is 7.88. The fraction of sp³-hybridized carbons (Fsp3) is 0.316. The van der Waals surface area contributed by atoms with Crippen molar-refractivity contribution in [2.75, 3.05) is 5.73 Å². The maximum Gasteiger partial charge on any atom is 0.165 e. The van der Waals surface area contributed by atoms with Gasteiger partial charge in [0.2, 0.25) is 0 Å². The molecule has 1 aliphatic carbocycles. The van der Waals surface area contributed by atoms with Gasteiger partial charge >= 0.3 is 0 Å². The van der Waals surface area contributed by atoms with Crippen molar-refractivity contribution in [2.24, 2.45) is 5.41 Å². The summed E-state index contributed by atoms with van der Waals surface area (Å²) in [4.78, 5) is 20.9. The highest BCUT2D eigenvalue weighted by atomic mass is 35.5. The molecule has 1 aromatic carbocycles. The molecule has 4 rings (SSSR count). The molecule has 0 fully saturated rings. The van der Waals surface area contributed by atoms with Crippen LogP contribution in [-0.4, -0.2) is 20.3 Å². The molecule has 0 saturated heterocycles. The van der Waals surface area contributed by atoms with Crippen molar-refractivity contribution in [1.29, 1.82) is 0 Å². The second kappa shape index (κ2) is 5.30. The van der Waals surface area contributed by atoms with Gasteiger partial charge in [-0.3, -0.25) is 4.79 Å². The first-order valence-electron chi connectivity index (χ1n) is 8.21. The van der Waals surface area contributed by atoms with Gasteiger partial charge in [0.25, 0.3) is 0 Å². The monoisotopic (exact) mass is 354 g/mol. The van der Waals surface area contributed by atoms with Crippen molar-refractivity contribution in [3.63, 3.8) is 0 Å². The van der Waals surface area contributed by atoms with Crippen LogP contribution in [0.1, 0.15) is 41.9 Å². The molecule has 0 unspecified atom stereocenters. The van der Waals surface area contributed by atoms with E-state index >= 15 is 0 Å². The number of carbonyl (C=O) groups is 1. The minimum absolute atomic E-state index is 0.0669. The minimum atomic E-state index is -0.0669. The Morgan fingerprint density at radius 1 is 1.24 bits per heavy atom. The molecule has 2 N–H and O–H groups in total. The standard InChI is InChI=1S/C19H19ClN4O/c1-10-8-24(13-6-19(2,3)7-14(25)15(10)13)12-5-4-11-17(16(12)20)22-9-23-18(11)21/h4-5,8-9H,6-7H2,1-3H3,(H2,21,22,23). The molecule has 0 radical (unpaired) electrons. The van der Waals surface area contributed by atoms with Gasteiger partial charge in [0.05, 0.1) is 16.2 Å². The van der Waals surface area contributed by atoms with Crippen molar-refractivity contribution in [3.05, 3.63) is 46.5 Å². The summed E-state index contributed by atoms with van der Waals surface area (Å²) in [5, 5.41) is 1.24. The lowest BCUT2D eigenvalue weighted by atomic mass is 9.75. The van der Waals surface area contributed by atoms with Crippen LogP contribution in [0.3, 0.4) is 0 Å². The van der Waals surface area contributed by atoms with Crippen LogP contribution in [0.4, 0.5) is 5.82 Å². The van der Waals surface area contributed by atoms with Crippen molar-refractivity contribution in [2.45, 2.75) is 33.6 Å². The molecule has 128 valence electrons. The van der Waals surface area contributed by atoms with Crippen LogP contribution in [0.15, 0.2) is 24.7 Å². The van der Waals surface area contributed by atoms with Gasteiger partial charge < -0.3 is 10.3 Å². The Hall–Kier alpha value is -2.40. The molecule has 6 heteroatoms. The summed E-state index contributed by atoms with van der Waals surface area (Å²) in [5.74, 6) is 0.603. The summed E-state index contributed by atoms with van der Waals surface area (Å²) in [6.07, 6.45) is 4.79. The Balaban J connectivity index is 1.98. The fourth-order valence-electron chi connectivity index (χ4n) is 3.78. The summed E-state index contributed by atoms with van der Waals surface area (Å²) in [5.41, 5.74) is 10.1. The average Bonchev–Trinajstić information content (AvgIpc) is 2.84. The SMILES string of the molecule is Cc1cn(-c2ccc3c(N)ncnc3c2Cl)c2c1C(=O)CC(C)(C)C2. The number of Topliss-reactive ketones (excluding diaryl/α,β-unsaturated/α-hetero) is 1. The zero-order valence-electron chi connectivity index (χ0n) is 14.4. The number of aryl methyl sites for hydroxylation is 1. The number of anilines is 1. The molecule has 0 saturated carbocycles. The number of ketones is 1. The maximum absolute atomic E-state index is 12.6. The number of hydrogen-bond acceptors (Lipinski definition) is 4. The first kappa shape index (κ1) is 16.1. The van der Waals surface area contributed by atoms with Gasteiger partial charge in [-0.2, -0.15) is 0 Å². The summed E-state index contributed by atoms with van der Waals surface area (Å²) < 4.78 is 2.03. The quantitative estimate of drug-likeness (QED) is 0.713. The largest absolute Gasteiger partial charge is 0.383 e. The molecule has 0 aliphatic heterocycles. The van der Waals surface area contributed by atoms with E-state index in [9.17, 15) is 4.79 Å². The number of benzene rings is 1. The number of carbonyl (C=O) groups excluding carboxylic acids is 1. The topological polar surface area (TPSA) is 73.8 Å². The van der Waals surface area contributed by atoms with Crippen molar-refractivity contribution in [3.8, 4) is 5.69 Å². The Kier molecular flexibility index (Phi) is 3.41. The summed E-state index contributed by atoms with van der Waals surface area (Å²) in [6, 6.07) is 3.79. The highest BCUT2D eigenvalue weighted by Gasteiger charge is 2.35. The summed E-state index contributed by atoms with van der Waals surface area (Å²) in [6.45, 7) is 6.22. The first-order valence-corrected chi connectivity index (χ1v) is 8.59. The molecule has 0 atom stereocenters. The average molecular weight is 355 g/mol. The highest BCUT2D eigenvalue weighted by molar-refractivity contribution is 6.37. The second-order valence-electron chi connectivity index (χ2n) is 7.50. The maximum atomic E-state index is 12.6. The number of halogens is 1. The lowest BCUT2D eigenvalue weighted by Crippen LogP contribution is -2.28. The van der Waals surface area contributed by atoms with Crippen LogP contribution < -0.4 is 5.73 Å². The predicted octanol–water partition coefficient (Wildman–Crippen LogP) is 4.12. The van der Waals surface area contributed by atoms with Crippen molar-refractivity contribution in [1.82, 2.24) is 14.5 Å². The number of fused-ring (bicyclic) bond motifs is 2. The van der Waals surface area contributed by atoms with Gasteiger partial charge in [-0.15, -0.1) is 0 Å². The molecule has 2 heterocycles. The molecule has 0 spiro atoms. The number of nitrogens with zero attached hydrogens (tertiary/aromatic N) is 3. The van der Waals surface area contributed by atoms with E-state index in [1.807, 2.05) is 29.8 Å². The lowest BCUT2D eigenvalue weighted by molar-refractivity contribution is 0.0910. The van der Waals surface area contributed by atoms with Crippen LogP contribution in [0.5, 0.6) is 0 Å². The first-order chi connectivity index (χ1) is 11.8. The van der Waals surface area contributed by atoms with E-state index in [1.165, 1.54) is 6.33 Å². The third-order valence-electron chi connectivity index (χ3n) is 4.88. The number of hydrogen-bond donors (Lipinski definition) is 1. The number of rotatable bonds is 1. The van der Waals surface area contributed by atoms with Crippen LogP contribution in [0, 0.1) is 12.3 Å². The van der Waals surface area contributed by atoms with E-state index in [0.29, 0.717) is 22.8 Å². The molecule has 5 nitrogen and oxygen atoms in total. The third-order valence-corrected chi connectivity index (χ3v) is 5.25. The van der Waals surface area contributed by atoms with E-state index < -0.39 is 0 Å². The van der Waals surface area contributed by atoms with Gasteiger partial charge in [0, 0.05) is 29.3 Å². The van der Waals surface area contributed by atoms with Gasteiger partial charge in [-0.25, -0.2) is 9.97 Å². The number of aromatic nitrogens is 3. The third kappa shape index (κ3) is 2.42. The summed E-state index contributed by atoms with van der Waals surface area (Å²) in [7, 11) is 0. The molecule has 25 heavy (non-hydrogen) atoms. The molecule has 2 aromatic heterocycles. The lowest BCUT2D eigenvalue weighted by Gasteiger charge is -2.30. The smallest absolute Gasteiger partial charge is 0.165 e. The molecule has 0 amide bonds. The van der Waals surface area contributed by atoms with Crippen LogP contribution in [0.25, 0.3) is 16.6 Å². The van der Waals surface area contributed by atoms with E-state index in [-0.39, 0.29) is 11.2 Å². The minimum Gasteiger partial charge on any atom is -0.383 e. The number of nitrogens with two attached hydrogens (primary N) is 1. The highest BCUT2D eigenvalue weighted by Crippen LogP contribution is 2.40. The Morgan fingerprint density at radius 3 is 2.76 bits per heavy atom. The Bertz CT molecular complexity index is 1040. The predicted molar refractivity (Wildman–Crippen MR) is 99.5 cm³/mol. The number of nitrogen functional groups attached to an aromatic ring is 1. The molecular weight excluding hydrogens is 336 g/mol. The van der Waals surface area contributed by atoms with Gasteiger partial charge in [0.15, 0.2) is 5.78 Å². The van der Waals surface area contributed by atoms with Crippen molar-refractivity contribution >= 4 is 34.1 Å². The van der Waals surface area contributed by atoms with Crippen LogP contribution in [0.2, 0.25) is 5.02 Å². The molecule has 1 aliphatic rings. The van der Waals surface area contributed by atoms with E-state index in [4.69, 9.17) is 17.3 Å². The van der Waals surface area contributed by atoms with Gasteiger partial charge in [0.1, 0.15) is 12.1 Å². The fourth-order valence-corrected chi connectivity index (χ4v) is 4.09. The van der Waals surface area contributed by atoms with Crippen LogP contribution >= 0.6 is 11.6 Å². The zero-order chi connectivity index (χ0) is 17.9. The van der Waals surface area contributed by atoms with E-state index in [0.717, 1.165) is 34.3 Å².